The van der Waals surface area contributed by atoms with Crippen LogP contribution in [0.3, 0.4) is 0 Å². The first-order valence-corrected chi connectivity index (χ1v) is 5.11. The summed E-state index contributed by atoms with van der Waals surface area (Å²) in [5.41, 5.74) is 0.0509. The maximum Gasteiger partial charge on any atom is 0.155 e. The molecule has 2 aliphatic heterocycles. The summed E-state index contributed by atoms with van der Waals surface area (Å²) in [5, 5.41) is 0. The predicted octanol–water partition coefficient (Wildman–Crippen LogP) is 1.71. The van der Waals surface area contributed by atoms with Gasteiger partial charge in [0, 0.05) is 32.5 Å². The van der Waals surface area contributed by atoms with Crippen LogP contribution in [0.2, 0.25) is 0 Å². The Bertz CT molecular complexity index is 163. The van der Waals surface area contributed by atoms with Gasteiger partial charge in [-0.05, 0) is 13.8 Å². The molecule has 13 heavy (non-hydrogen) atoms. The van der Waals surface area contributed by atoms with Gasteiger partial charge in [-0.3, -0.25) is 0 Å². The fraction of sp³-hybridized carbons (Fsp3) is 1.00. The smallest absolute Gasteiger partial charge is 0.155 e. The highest BCUT2D eigenvalue weighted by Crippen LogP contribution is 2.35. The molecule has 2 heterocycles. The lowest BCUT2D eigenvalue weighted by Crippen LogP contribution is -2.49. The van der Waals surface area contributed by atoms with E-state index in [9.17, 15) is 0 Å². The molecule has 2 atom stereocenters. The van der Waals surface area contributed by atoms with Crippen molar-refractivity contribution in [3.63, 3.8) is 0 Å². The maximum absolute atomic E-state index is 5.88. The Kier molecular flexibility index (Phi) is 2.58. The van der Waals surface area contributed by atoms with Gasteiger partial charge in [0.1, 0.15) is 0 Å². The zero-order valence-corrected chi connectivity index (χ0v) is 8.41. The van der Waals surface area contributed by atoms with Crippen molar-refractivity contribution in [2.24, 2.45) is 0 Å². The predicted molar refractivity (Wildman–Crippen MR) is 48.5 cm³/mol. The molecule has 2 unspecified atom stereocenters. The fourth-order valence-corrected chi connectivity index (χ4v) is 2.39. The van der Waals surface area contributed by atoms with Crippen LogP contribution in [0.5, 0.6) is 0 Å². The second kappa shape index (κ2) is 3.56. The average molecular weight is 186 g/mol. The summed E-state index contributed by atoms with van der Waals surface area (Å²) >= 11 is 0. The number of hydrogen-bond donors (Lipinski definition) is 0. The van der Waals surface area contributed by atoms with Crippen molar-refractivity contribution in [1.29, 1.82) is 0 Å². The lowest BCUT2D eigenvalue weighted by atomic mass is 9.87. The van der Waals surface area contributed by atoms with Crippen LogP contribution in [0.1, 0.15) is 33.1 Å². The Morgan fingerprint density at radius 3 is 2.46 bits per heavy atom. The van der Waals surface area contributed by atoms with Crippen LogP contribution in [0.4, 0.5) is 0 Å². The molecule has 0 aromatic heterocycles. The van der Waals surface area contributed by atoms with Crippen molar-refractivity contribution in [1.82, 2.24) is 0 Å². The first-order valence-electron chi connectivity index (χ1n) is 5.11. The molecule has 2 saturated heterocycles. The highest BCUT2D eigenvalue weighted by atomic mass is 16.7. The van der Waals surface area contributed by atoms with Crippen molar-refractivity contribution in [3.8, 4) is 0 Å². The molecular formula is C10H18O3. The number of hydrogen-bond acceptors (Lipinski definition) is 3. The second-order valence-corrected chi connectivity index (χ2v) is 4.13. The van der Waals surface area contributed by atoms with Gasteiger partial charge in [-0.25, -0.2) is 0 Å². The summed E-state index contributed by atoms with van der Waals surface area (Å²) in [5.74, 6) is 0. The summed E-state index contributed by atoms with van der Waals surface area (Å²) in [4.78, 5) is 0. The van der Waals surface area contributed by atoms with E-state index >= 15 is 0 Å². The van der Waals surface area contributed by atoms with E-state index in [1.807, 2.05) is 6.92 Å². The molecule has 2 fully saturated rings. The Morgan fingerprint density at radius 1 is 1.15 bits per heavy atom. The van der Waals surface area contributed by atoms with E-state index in [-0.39, 0.29) is 11.9 Å². The van der Waals surface area contributed by atoms with Gasteiger partial charge in [0.05, 0.1) is 11.7 Å². The maximum atomic E-state index is 5.88. The average Bonchev–Trinajstić information content (AvgIpc) is 2.02. The zero-order chi connectivity index (χ0) is 9.31. The highest BCUT2D eigenvalue weighted by Gasteiger charge is 2.40. The molecule has 3 nitrogen and oxygen atoms in total. The fourth-order valence-electron chi connectivity index (χ4n) is 2.39. The lowest BCUT2D eigenvalue weighted by Gasteiger charge is -2.45. The molecule has 2 aliphatic rings. The Labute approximate surface area is 79.4 Å². The second-order valence-electron chi connectivity index (χ2n) is 4.13. The monoisotopic (exact) mass is 186 g/mol. The molecule has 76 valence electrons. The standard InChI is InChI=1S/C10H18O3/c1-8-7-10(13-9(2)12-8)3-5-11-6-4-10/h8-9H,3-7H2,1-2H3. The highest BCUT2D eigenvalue weighted by molar-refractivity contribution is 4.88. The van der Waals surface area contributed by atoms with E-state index in [4.69, 9.17) is 14.2 Å². The summed E-state index contributed by atoms with van der Waals surface area (Å²) < 4.78 is 16.8. The molecule has 0 amide bonds. The van der Waals surface area contributed by atoms with Crippen LogP contribution >= 0.6 is 0 Å². The number of ether oxygens (including phenoxy) is 3. The van der Waals surface area contributed by atoms with Crippen LogP contribution in [-0.2, 0) is 14.2 Å². The van der Waals surface area contributed by atoms with Crippen LogP contribution in [0, 0.1) is 0 Å². The summed E-state index contributed by atoms with van der Waals surface area (Å²) in [6, 6.07) is 0. The molecule has 0 bridgehead atoms. The third kappa shape index (κ3) is 2.03. The van der Waals surface area contributed by atoms with Crippen LogP contribution in [-0.4, -0.2) is 31.2 Å². The van der Waals surface area contributed by atoms with Crippen LogP contribution in [0.15, 0.2) is 0 Å². The largest absolute Gasteiger partial charge is 0.381 e. The molecule has 2 rings (SSSR count). The quantitative estimate of drug-likeness (QED) is 0.576. The van der Waals surface area contributed by atoms with Gasteiger partial charge in [0.2, 0.25) is 0 Å². The van der Waals surface area contributed by atoms with Crippen LogP contribution in [0.25, 0.3) is 0 Å². The third-order valence-corrected chi connectivity index (χ3v) is 2.90. The topological polar surface area (TPSA) is 27.7 Å². The van der Waals surface area contributed by atoms with Gasteiger partial charge >= 0.3 is 0 Å². The van der Waals surface area contributed by atoms with E-state index in [1.54, 1.807) is 0 Å². The number of rotatable bonds is 0. The van der Waals surface area contributed by atoms with E-state index in [1.165, 1.54) is 0 Å². The van der Waals surface area contributed by atoms with E-state index in [0.29, 0.717) is 6.10 Å². The Balaban J connectivity index is 2.02. The van der Waals surface area contributed by atoms with Gasteiger partial charge in [0.15, 0.2) is 6.29 Å². The van der Waals surface area contributed by atoms with Crippen molar-refractivity contribution in [2.45, 2.75) is 51.1 Å². The first-order chi connectivity index (χ1) is 6.20. The van der Waals surface area contributed by atoms with Gasteiger partial charge in [0.25, 0.3) is 0 Å². The first kappa shape index (κ1) is 9.44. The van der Waals surface area contributed by atoms with Gasteiger partial charge in [-0.2, -0.15) is 0 Å². The van der Waals surface area contributed by atoms with E-state index in [0.717, 1.165) is 32.5 Å². The summed E-state index contributed by atoms with van der Waals surface area (Å²) in [6.45, 7) is 5.77. The van der Waals surface area contributed by atoms with Crippen molar-refractivity contribution in [3.05, 3.63) is 0 Å². The van der Waals surface area contributed by atoms with Crippen molar-refractivity contribution < 1.29 is 14.2 Å². The van der Waals surface area contributed by atoms with E-state index in [2.05, 4.69) is 6.92 Å². The minimum absolute atomic E-state index is 0.0509. The van der Waals surface area contributed by atoms with Crippen molar-refractivity contribution >= 4 is 0 Å². The SMILES string of the molecule is CC1CC2(CCOCC2)OC(C)O1. The van der Waals surface area contributed by atoms with Gasteiger partial charge in [-0.15, -0.1) is 0 Å². The Hall–Kier alpha value is -0.120. The molecular weight excluding hydrogens is 168 g/mol. The van der Waals surface area contributed by atoms with Crippen LogP contribution < -0.4 is 0 Å². The molecule has 0 aromatic carbocycles. The van der Waals surface area contributed by atoms with Gasteiger partial charge < -0.3 is 14.2 Å². The molecule has 0 aromatic rings. The molecule has 1 spiro atoms. The molecule has 0 radical (unpaired) electrons. The van der Waals surface area contributed by atoms with Gasteiger partial charge in [-0.1, -0.05) is 0 Å². The van der Waals surface area contributed by atoms with Crippen molar-refractivity contribution in [2.75, 3.05) is 13.2 Å². The summed E-state index contributed by atoms with van der Waals surface area (Å²) in [7, 11) is 0. The molecule has 0 N–H and O–H groups in total. The third-order valence-electron chi connectivity index (χ3n) is 2.90. The minimum atomic E-state index is -0.0538. The van der Waals surface area contributed by atoms with E-state index < -0.39 is 0 Å². The minimum Gasteiger partial charge on any atom is -0.381 e. The summed E-state index contributed by atoms with van der Waals surface area (Å²) in [6.07, 6.45) is 3.32. The lowest BCUT2D eigenvalue weighted by molar-refractivity contribution is -0.286. The Morgan fingerprint density at radius 2 is 1.85 bits per heavy atom. The zero-order valence-electron chi connectivity index (χ0n) is 8.41. The molecule has 0 aliphatic carbocycles. The molecule has 3 heteroatoms. The molecule has 0 saturated carbocycles. The normalized spacial score (nSPS) is 39.2.